The first-order valence-electron chi connectivity index (χ1n) is 11.4. The molecule has 0 saturated heterocycles. The molecule has 0 aliphatic carbocycles. The molecule has 0 bridgehead atoms. The standard InChI is InChI=1S/C27H27FN6O2/c1-16-12-20-13-18(8-10-23(20)32-25(16)29)27(36)34(17(2)24-22(28)6-5-11-30-24)15-21-9-7-19(14-31-21)26(35)33(3)4/h5-14,17H,15H2,1-4H3,(H2,29,32)/t17-/m1/s1. The number of carbonyl (C=O) groups excluding carboxylic acids is 2. The Morgan fingerprint density at radius 1 is 1.03 bits per heavy atom. The molecule has 36 heavy (non-hydrogen) atoms. The summed E-state index contributed by atoms with van der Waals surface area (Å²) >= 11 is 0. The van der Waals surface area contributed by atoms with Crippen molar-refractivity contribution in [2.75, 3.05) is 19.8 Å². The Bertz CT molecular complexity index is 1440. The largest absolute Gasteiger partial charge is 0.383 e. The van der Waals surface area contributed by atoms with Crippen molar-refractivity contribution in [1.82, 2.24) is 24.8 Å². The van der Waals surface area contributed by atoms with Gasteiger partial charge in [0.15, 0.2) is 0 Å². The molecule has 0 spiro atoms. The van der Waals surface area contributed by atoms with Crippen LogP contribution in [0.25, 0.3) is 10.9 Å². The van der Waals surface area contributed by atoms with E-state index in [1.807, 2.05) is 13.0 Å². The van der Waals surface area contributed by atoms with Gasteiger partial charge in [-0.1, -0.05) is 0 Å². The van der Waals surface area contributed by atoms with Crippen molar-refractivity contribution in [3.63, 3.8) is 0 Å². The summed E-state index contributed by atoms with van der Waals surface area (Å²) < 4.78 is 14.6. The molecule has 2 amide bonds. The molecule has 9 heteroatoms. The molecule has 0 radical (unpaired) electrons. The van der Waals surface area contributed by atoms with Gasteiger partial charge in [0, 0.05) is 37.4 Å². The van der Waals surface area contributed by atoms with Crippen molar-refractivity contribution >= 4 is 28.5 Å². The summed E-state index contributed by atoms with van der Waals surface area (Å²) in [5, 5.41) is 0.772. The zero-order valence-corrected chi connectivity index (χ0v) is 20.6. The number of nitrogens with two attached hydrogens (primary N) is 1. The molecule has 4 aromatic rings. The highest BCUT2D eigenvalue weighted by atomic mass is 19.1. The number of aromatic nitrogens is 3. The highest BCUT2D eigenvalue weighted by Crippen LogP contribution is 2.27. The number of pyridine rings is 3. The average molecular weight is 487 g/mol. The zero-order valence-electron chi connectivity index (χ0n) is 20.6. The van der Waals surface area contributed by atoms with E-state index in [1.54, 1.807) is 51.4 Å². The Kier molecular flexibility index (Phi) is 6.91. The fourth-order valence-electron chi connectivity index (χ4n) is 3.91. The monoisotopic (exact) mass is 486 g/mol. The molecule has 184 valence electrons. The number of aryl methyl sites for hydroxylation is 1. The second-order valence-electron chi connectivity index (χ2n) is 8.82. The van der Waals surface area contributed by atoms with Gasteiger partial charge in [-0.2, -0.15) is 0 Å². The Hall–Kier alpha value is -4.40. The quantitative estimate of drug-likeness (QED) is 0.439. The lowest BCUT2D eigenvalue weighted by Crippen LogP contribution is -2.34. The predicted molar refractivity (Wildman–Crippen MR) is 136 cm³/mol. The number of amides is 2. The highest BCUT2D eigenvalue weighted by molar-refractivity contribution is 5.98. The number of fused-ring (bicyclic) bond motifs is 1. The van der Waals surface area contributed by atoms with Crippen molar-refractivity contribution in [2.45, 2.75) is 26.4 Å². The van der Waals surface area contributed by atoms with Gasteiger partial charge in [-0.25, -0.2) is 9.37 Å². The summed E-state index contributed by atoms with van der Waals surface area (Å²) in [6.07, 6.45) is 2.97. The van der Waals surface area contributed by atoms with E-state index in [2.05, 4.69) is 15.0 Å². The molecule has 0 fully saturated rings. The average Bonchev–Trinajstić information content (AvgIpc) is 2.87. The zero-order chi connectivity index (χ0) is 26.0. The maximum Gasteiger partial charge on any atom is 0.254 e. The van der Waals surface area contributed by atoms with Crippen LogP contribution in [-0.4, -0.2) is 50.7 Å². The maximum atomic E-state index is 14.6. The van der Waals surface area contributed by atoms with Crippen LogP contribution in [0.5, 0.6) is 0 Å². The van der Waals surface area contributed by atoms with Gasteiger partial charge < -0.3 is 15.5 Å². The predicted octanol–water partition coefficient (Wildman–Crippen LogP) is 4.16. The van der Waals surface area contributed by atoms with E-state index in [0.717, 1.165) is 10.9 Å². The first-order valence-corrected chi connectivity index (χ1v) is 11.4. The van der Waals surface area contributed by atoms with E-state index in [1.165, 1.54) is 34.3 Å². The molecule has 4 rings (SSSR count). The maximum absolute atomic E-state index is 14.6. The van der Waals surface area contributed by atoms with Gasteiger partial charge >= 0.3 is 0 Å². The minimum Gasteiger partial charge on any atom is -0.383 e. The lowest BCUT2D eigenvalue weighted by Gasteiger charge is -2.29. The van der Waals surface area contributed by atoms with E-state index >= 15 is 0 Å². The van der Waals surface area contributed by atoms with Crippen LogP contribution >= 0.6 is 0 Å². The van der Waals surface area contributed by atoms with Crippen LogP contribution in [0.2, 0.25) is 0 Å². The van der Waals surface area contributed by atoms with Crippen molar-refractivity contribution < 1.29 is 14.0 Å². The first kappa shape index (κ1) is 24.7. The van der Waals surface area contributed by atoms with Crippen LogP contribution in [0.15, 0.2) is 60.9 Å². The van der Waals surface area contributed by atoms with Gasteiger partial charge in [-0.15, -0.1) is 0 Å². The first-order chi connectivity index (χ1) is 17.2. The summed E-state index contributed by atoms with van der Waals surface area (Å²) in [7, 11) is 3.32. The van der Waals surface area contributed by atoms with Crippen LogP contribution in [0.1, 0.15) is 50.6 Å². The summed E-state index contributed by atoms with van der Waals surface area (Å²) in [5.41, 5.74) is 8.95. The SMILES string of the molecule is Cc1cc2cc(C(=O)N(Cc3ccc(C(=O)N(C)C)cn3)[C@H](C)c3ncccc3F)ccc2nc1N. The smallest absolute Gasteiger partial charge is 0.254 e. The number of benzene rings is 1. The van der Waals surface area contributed by atoms with Crippen LogP contribution in [0.4, 0.5) is 10.2 Å². The van der Waals surface area contributed by atoms with Crippen LogP contribution < -0.4 is 5.73 Å². The lowest BCUT2D eigenvalue weighted by molar-refractivity contribution is 0.0663. The topological polar surface area (TPSA) is 105 Å². The molecule has 0 aliphatic rings. The fourth-order valence-corrected chi connectivity index (χ4v) is 3.91. The second-order valence-corrected chi connectivity index (χ2v) is 8.82. The molecule has 1 aromatic carbocycles. The van der Waals surface area contributed by atoms with Gasteiger partial charge in [0.2, 0.25) is 0 Å². The van der Waals surface area contributed by atoms with Crippen LogP contribution in [0, 0.1) is 12.7 Å². The Balaban J connectivity index is 1.71. The molecule has 0 unspecified atom stereocenters. The van der Waals surface area contributed by atoms with Crippen LogP contribution in [0.3, 0.4) is 0 Å². The molecular formula is C27H27FN6O2. The van der Waals surface area contributed by atoms with E-state index in [4.69, 9.17) is 5.73 Å². The number of rotatable bonds is 6. The van der Waals surface area contributed by atoms with Crippen molar-refractivity contribution in [3.05, 3.63) is 94.8 Å². The van der Waals surface area contributed by atoms with Gasteiger partial charge in [-0.3, -0.25) is 19.6 Å². The van der Waals surface area contributed by atoms with Gasteiger partial charge in [0.25, 0.3) is 11.8 Å². The second kappa shape index (κ2) is 10.1. The lowest BCUT2D eigenvalue weighted by atomic mass is 10.1. The molecular weight excluding hydrogens is 459 g/mol. The molecule has 3 aromatic heterocycles. The minimum atomic E-state index is -0.689. The normalized spacial score (nSPS) is 11.8. The summed E-state index contributed by atoms with van der Waals surface area (Å²) in [5.74, 6) is -0.563. The number of anilines is 1. The molecule has 8 nitrogen and oxygen atoms in total. The van der Waals surface area contributed by atoms with Crippen LogP contribution in [-0.2, 0) is 6.54 Å². The number of carbonyl (C=O) groups is 2. The Morgan fingerprint density at radius 2 is 1.78 bits per heavy atom. The Labute approximate surface area is 208 Å². The number of halogens is 1. The van der Waals surface area contributed by atoms with E-state index in [-0.39, 0.29) is 24.1 Å². The summed E-state index contributed by atoms with van der Waals surface area (Å²) in [6, 6.07) is 12.5. The van der Waals surface area contributed by atoms with Gasteiger partial charge in [0.1, 0.15) is 11.6 Å². The van der Waals surface area contributed by atoms with E-state index < -0.39 is 11.9 Å². The summed E-state index contributed by atoms with van der Waals surface area (Å²) in [4.78, 5) is 41.9. The van der Waals surface area contributed by atoms with E-state index in [9.17, 15) is 14.0 Å². The molecule has 1 atom stereocenters. The molecule has 0 aliphatic heterocycles. The Morgan fingerprint density at radius 3 is 2.44 bits per heavy atom. The van der Waals surface area contributed by atoms with Crippen molar-refractivity contribution in [2.24, 2.45) is 0 Å². The molecule has 3 heterocycles. The number of nitrogen functional groups attached to an aromatic ring is 1. The van der Waals surface area contributed by atoms with Gasteiger partial charge in [-0.05, 0) is 67.9 Å². The minimum absolute atomic E-state index is 0.0868. The van der Waals surface area contributed by atoms with E-state index in [0.29, 0.717) is 28.2 Å². The molecule has 2 N–H and O–H groups in total. The highest BCUT2D eigenvalue weighted by Gasteiger charge is 2.27. The van der Waals surface area contributed by atoms with Crippen molar-refractivity contribution in [3.8, 4) is 0 Å². The molecule has 0 saturated carbocycles. The summed E-state index contributed by atoms with van der Waals surface area (Å²) in [6.45, 7) is 3.66. The third kappa shape index (κ3) is 5.00. The number of nitrogens with zero attached hydrogens (tertiary/aromatic N) is 5. The third-order valence-electron chi connectivity index (χ3n) is 6.01. The van der Waals surface area contributed by atoms with Crippen molar-refractivity contribution in [1.29, 1.82) is 0 Å². The van der Waals surface area contributed by atoms with Gasteiger partial charge in [0.05, 0.1) is 35.1 Å². The third-order valence-corrected chi connectivity index (χ3v) is 6.01. The fraction of sp³-hybridized carbons (Fsp3) is 0.222. The number of hydrogen-bond acceptors (Lipinski definition) is 6. The number of hydrogen-bond donors (Lipinski definition) is 1.